The molecule has 3 aliphatic carbocycles. The molecule has 4 N–H and O–H groups in total. The Morgan fingerprint density at radius 2 is 2.00 bits per heavy atom. The first-order chi connectivity index (χ1) is 12.8. The SMILES string of the molecule is Nc1nc(NCC2CC3CCC2CC3)c2ccc(-c3ccn[nH]3)cc2n1. The van der Waals surface area contributed by atoms with Crippen LogP contribution in [0.5, 0.6) is 0 Å². The van der Waals surface area contributed by atoms with Gasteiger partial charge >= 0.3 is 0 Å². The Kier molecular flexibility index (Phi) is 3.76. The maximum absolute atomic E-state index is 5.98. The maximum Gasteiger partial charge on any atom is 0.222 e. The Bertz CT molecular complexity index is 911. The molecular formula is C20H24N6. The average molecular weight is 348 g/mol. The number of nitrogens with one attached hydrogen (secondary N) is 2. The molecule has 6 nitrogen and oxygen atoms in total. The minimum Gasteiger partial charge on any atom is -0.369 e. The molecule has 1 unspecified atom stereocenters. The lowest BCUT2D eigenvalue weighted by atomic mass is 9.65. The summed E-state index contributed by atoms with van der Waals surface area (Å²) >= 11 is 0. The predicted octanol–water partition coefficient (Wildman–Crippen LogP) is 3.84. The van der Waals surface area contributed by atoms with Gasteiger partial charge in [0.15, 0.2) is 0 Å². The zero-order chi connectivity index (χ0) is 17.5. The van der Waals surface area contributed by atoms with Crippen LogP contribution in [0.25, 0.3) is 22.2 Å². The summed E-state index contributed by atoms with van der Waals surface area (Å²) in [4.78, 5) is 8.91. The largest absolute Gasteiger partial charge is 0.369 e. The minimum atomic E-state index is 0.312. The third-order valence-corrected chi connectivity index (χ3v) is 6.25. The van der Waals surface area contributed by atoms with Gasteiger partial charge in [-0.05, 0) is 55.2 Å². The Morgan fingerprint density at radius 3 is 2.73 bits per heavy atom. The number of benzene rings is 1. The van der Waals surface area contributed by atoms with Gasteiger partial charge in [-0.1, -0.05) is 18.9 Å². The van der Waals surface area contributed by atoms with Crippen molar-refractivity contribution in [1.82, 2.24) is 20.2 Å². The van der Waals surface area contributed by atoms with E-state index in [9.17, 15) is 0 Å². The van der Waals surface area contributed by atoms with Crippen molar-refractivity contribution in [2.24, 2.45) is 17.8 Å². The highest BCUT2D eigenvalue weighted by molar-refractivity contribution is 5.92. The second-order valence-corrected chi connectivity index (χ2v) is 7.79. The molecule has 6 rings (SSSR count). The fourth-order valence-corrected chi connectivity index (χ4v) is 4.86. The summed E-state index contributed by atoms with van der Waals surface area (Å²) in [6, 6.07) is 8.13. The lowest BCUT2D eigenvalue weighted by Crippen LogP contribution is -2.35. The molecule has 2 heterocycles. The van der Waals surface area contributed by atoms with E-state index < -0.39 is 0 Å². The number of fused-ring (bicyclic) bond motifs is 4. The smallest absolute Gasteiger partial charge is 0.222 e. The normalized spacial score (nSPS) is 24.8. The molecule has 0 aliphatic heterocycles. The molecule has 134 valence electrons. The number of H-pyrrole nitrogens is 1. The van der Waals surface area contributed by atoms with E-state index in [2.05, 4.69) is 37.6 Å². The second-order valence-electron chi connectivity index (χ2n) is 7.79. The van der Waals surface area contributed by atoms with Crippen LogP contribution in [0.2, 0.25) is 0 Å². The number of aromatic amines is 1. The van der Waals surface area contributed by atoms with E-state index in [1.807, 2.05) is 12.1 Å². The molecule has 26 heavy (non-hydrogen) atoms. The Hall–Kier alpha value is -2.63. The summed E-state index contributed by atoms with van der Waals surface area (Å²) in [5.41, 5.74) is 8.85. The summed E-state index contributed by atoms with van der Waals surface area (Å²) in [5.74, 6) is 3.75. The second kappa shape index (κ2) is 6.27. The van der Waals surface area contributed by atoms with Gasteiger partial charge < -0.3 is 11.1 Å². The Morgan fingerprint density at radius 1 is 1.12 bits per heavy atom. The van der Waals surface area contributed by atoms with Crippen molar-refractivity contribution in [2.45, 2.75) is 32.1 Å². The fraction of sp³-hybridized carbons (Fsp3) is 0.450. The van der Waals surface area contributed by atoms with Crippen LogP contribution in [0, 0.1) is 17.8 Å². The van der Waals surface area contributed by atoms with Gasteiger partial charge in [0.25, 0.3) is 0 Å². The maximum atomic E-state index is 5.98. The molecule has 2 aromatic heterocycles. The highest BCUT2D eigenvalue weighted by Crippen LogP contribution is 2.45. The summed E-state index contributed by atoms with van der Waals surface area (Å²) < 4.78 is 0. The lowest BCUT2D eigenvalue weighted by Gasteiger charge is -2.42. The van der Waals surface area contributed by atoms with E-state index >= 15 is 0 Å². The Labute approximate surface area is 152 Å². The predicted molar refractivity (Wildman–Crippen MR) is 104 cm³/mol. The molecule has 3 aromatic rings. The highest BCUT2D eigenvalue weighted by atomic mass is 15.1. The molecule has 1 atom stereocenters. The quantitative estimate of drug-likeness (QED) is 0.666. The van der Waals surface area contributed by atoms with Gasteiger partial charge in [0.05, 0.1) is 11.2 Å². The van der Waals surface area contributed by atoms with Crippen LogP contribution >= 0.6 is 0 Å². The molecule has 3 aliphatic rings. The monoisotopic (exact) mass is 348 g/mol. The number of anilines is 2. The number of nitrogen functional groups attached to an aromatic ring is 1. The van der Waals surface area contributed by atoms with Gasteiger partial charge in [-0.2, -0.15) is 10.1 Å². The highest BCUT2D eigenvalue weighted by Gasteiger charge is 2.35. The summed E-state index contributed by atoms with van der Waals surface area (Å²) in [5, 5.41) is 11.6. The van der Waals surface area contributed by atoms with Gasteiger partial charge in [-0.25, -0.2) is 4.98 Å². The number of hydrogen-bond acceptors (Lipinski definition) is 5. The Balaban J connectivity index is 1.42. The molecule has 0 saturated heterocycles. The van der Waals surface area contributed by atoms with Crippen LogP contribution in [-0.4, -0.2) is 26.7 Å². The van der Waals surface area contributed by atoms with Crippen LogP contribution in [0.4, 0.5) is 11.8 Å². The van der Waals surface area contributed by atoms with Crippen molar-refractivity contribution in [3.05, 3.63) is 30.5 Å². The molecular weight excluding hydrogens is 324 g/mol. The molecule has 0 radical (unpaired) electrons. The van der Waals surface area contributed by atoms with E-state index in [0.717, 1.165) is 52.3 Å². The average Bonchev–Trinajstić information content (AvgIpc) is 3.21. The van der Waals surface area contributed by atoms with Crippen molar-refractivity contribution in [3.8, 4) is 11.3 Å². The van der Waals surface area contributed by atoms with Crippen molar-refractivity contribution < 1.29 is 0 Å². The summed E-state index contributed by atoms with van der Waals surface area (Å²) in [6.45, 7) is 0.981. The molecule has 2 bridgehead atoms. The van der Waals surface area contributed by atoms with Gasteiger partial charge in [-0.15, -0.1) is 0 Å². The van der Waals surface area contributed by atoms with Crippen LogP contribution in [0.3, 0.4) is 0 Å². The fourth-order valence-electron chi connectivity index (χ4n) is 4.86. The van der Waals surface area contributed by atoms with E-state index in [4.69, 9.17) is 5.73 Å². The number of hydrogen-bond donors (Lipinski definition) is 3. The van der Waals surface area contributed by atoms with E-state index in [1.54, 1.807) is 6.20 Å². The van der Waals surface area contributed by atoms with Gasteiger partial charge in [0.1, 0.15) is 5.82 Å². The van der Waals surface area contributed by atoms with Crippen LogP contribution in [0.1, 0.15) is 32.1 Å². The molecule has 6 heteroatoms. The van der Waals surface area contributed by atoms with Crippen LogP contribution in [-0.2, 0) is 0 Å². The minimum absolute atomic E-state index is 0.312. The number of nitrogens with zero attached hydrogens (tertiary/aromatic N) is 3. The first-order valence-electron chi connectivity index (χ1n) is 9.57. The zero-order valence-electron chi connectivity index (χ0n) is 14.8. The summed E-state index contributed by atoms with van der Waals surface area (Å²) in [6.07, 6.45) is 8.77. The van der Waals surface area contributed by atoms with E-state index in [1.165, 1.54) is 32.1 Å². The third-order valence-electron chi connectivity index (χ3n) is 6.25. The zero-order valence-corrected chi connectivity index (χ0v) is 14.8. The van der Waals surface area contributed by atoms with Crippen LogP contribution < -0.4 is 11.1 Å². The molecule has 3 fully saturated rings. The van der Waals surface area contributed by atoms with Crippen molar-refractivity contribution >= 4 is 22.7 Å². The number of rotatable bonds is 4. The summed E-state index contributed by atoms with van der Waals surface area (Å²) in [7, 11) is 0. The molecule has 0 spiro atoms. The van der Waals surface area contributed by atoms with Gasteiger partial charge in [-0.3, -0.25) is 5.10 Å². The third kappa shape index (κ3) is 2.79. The lowest BCUT2D eigenvalue weighted by molar-refractivity contribution is 0.107. The molecule has 0 amide bonds. The first-order valence-corrected chi connectivity index (χ1v) is 9.57. The van der Waals surface area contributed by atoms with E-state index in [-0.39, 0.29) is 0 Å². The molecule has 1 aromatic carbocycles. The topological polar surface area (TPSA) is 92.5 Å². The number of nitrogens with two attached hydrogens (primary N) is 1. The van der Waals surface area contributed by atoms with E-state index in [0.29, 0.717) is 5.95 Å². The molecule has 3 saturated carbocycles. The van der Waals surface area contributed by atoms with Crippen molar-refractivity contribution in [2.75, 3.05) is 17.6 Å². The number of aromatic nitrogens is 4. The van der Waals surface area contributed by atoms with Crippen molar-refractivity contribution in [3.63, 3.8) is 0 Å². The van der Waals surface area contributed by atoms with Crippen LogP contribution in [0.15, 0.2) is 30.5 Å². The van der Waals surface area contributed by atoms with Crippen molar-refractivity contribution in [1.29, 1.82) is 0 Å². The standard InChI is InChI=1S/C20H24N6/c21-20-24-18-10-14(17-7-8-23-26-17)5-6-16(18)19(25-20)22-11-15-9-12-1-3-13(15)4-2-12/h5-8,10,12-13,15H,1-4,9,11H2,(H,23,26)(H3,21,22,24,25). The first kappa shape index (κ1) is 15.6. The van der Waals surface area contributed by atoms with Gasteiger partial charge in [0, 0.05) is 23.7 Å². The van der Waals surface area contributed by atoms with Gasteiger partial charge in [0.2, 0.25) is 5.95 Å².